The van der Waals surface area contributed by atoms with Crippen LogP contribution >= 0.6 is 0 Å². The maximum atomic E-state index is 8.48. The molecule has 18 heavy (non-hydrogen) atoms. The molecule has 0 aromatic heterocycles. The van der Waals surface area contributed by atoms with Gasteiger partial charge in [-0.25, -0.2) is 0 Å². The number of methoxy groups -OCH3 is 1. The first-order valence-electron chi connectivity index (χ1n) is 6.28. The molecule has 3 unspecified atom stereocenters. The van der Waals surface area contributed by atoms with E-state index < -0.39 is 0 Å². The predicted octanol–water partition coefficient (Wildman–Crippen LogP) is 0.541. The highest BCUT2D eigenvalue weighted by Crippen LogP contribution is 2.42. The third-order valence-corrected chi connectivity index (χ3v) is 3.85. The largest absolute Gasteiger partial charge is 0.409 e. The van der Waals surface area contributed by atoms with Crippen molar-refractivity contribution in [2.75, 3.05) is 20.3 Å². The van der Waals surface area contributed by atoms with Crippen LogP contribution in [0.4, 0.5) is 0 Å². The van der Waals surface area contributed by atoms with Crippen molar-refractivity contribution in [2.24, 2.45) is 16.3 Å². The van der Waals surface area contributed by atoms with Gasteiger partial charge in [0.1, 0.15) is 6.10 Å². The fourth-order valence-corrected chi connectivity index (χ4v) is 2.27. The van der Waals surface area contributed by atoms with Crippen molar-refractivity contribution in [1.29, 1.82) is 0 Å². The molecule has 0 aliphatic heterocycles. The van der Waals surface area contributed by atoms with Crippen molar-refractivity contribution in [1.82, 2.24) is 5.32 Å². The first-order valence-corrected chi connectivity index (χ1v) is 6.28. The van der Waals surface area contributed by atoms with E-state index >= 15 is 0 Å². The maximum Gasteiger partial charge on any atom is 0.168 e. The summed E-state index contributed by atoms with van der Waals surface area (Å²) in [5.41, 5.74) is 5.57. The van der Waals surface area contributed by atoms with Crippen LogP contribution in [0.25, 0.3) is 0 Å². The minimum Gasteiger partial charge on any atom is -0.409 e. The highest BCUT2D eigenvalue weighted by Gasteiger charge is 2.47. The van der Waals surface area contributed by atoms with Crippen LogP contribution in [0.5, 0.6) is 0 Å². The lowest BCUT2D eigenvalue weighted by molar-refractivity contribution is -0.0984. The van der Waals surface area contributed by atoms with Gasteiger partial charge in [-0.1, -0.05) is 19.0 Å². The summed E-state index contributed by atoms with van der Waals surface area (Å²) in [4.78, 5) is 0. The van der Waals surface area contributed by atoms with Crippen LogP contribution in [0.1, 0.15) is 27.2 Å². The fourth-order valence-electron chi connectivity index (χ4n) is 2.27. The minimum atomic E-state index is -0.363. The molecule has 4 N–H and O–H groups in total. The van der Waals surface area contributed by atoms with Gasteiger partial charge >= 0.3 is 0 Å². The average Bonchev–Trinajstić information content (AvgIpc) is 2.35. The number of hydrogen-bond donors (Lipinski definition) is 3. The maximum absolute atomic E-state index is 8.48. The third-order valence-electron chi connectivity index (χ3n) is 3.85. The summed E-state index contributed by atoms with van der Waals surface area (Å²) in [6.07, 6.45) is 0.990. The molecule has 0 radical (unpaired) electrons. The highest BCUT2D eigenvalue weighted by atomic mass is 16.5. The molecule has 1 saturated carbocycles. The number of nitrogens with zero attached hydrogens (tertiary/aromatic N) is 1. The summed E-state index contributed by atoms with van der Waals surface area (Å²) in [6.45, 7) is 7.42. The summed E-state index contributed by atoms with van der Waals surface area (Å²) in [6, 6.07) is 0.449. The number of ether oxygens (including phenoxy) is 2. The lowest BCUT2D eigenvalue weighted by atomic mass is 9.64. The third kappa shape index (κ3) is 3.34. The smallest absolute Gasteiger partial charge is 0.168 e. The zero-order chi connectivity index (χ0) is 13.8. The van der Waals surface area contributed by atoms with Crippen LogP contribution in [0.3, 0.4) is 0 Å². The minimum absolute atomic E-state index is 0.0958. The Morgan fingerprint density at radius 3 is 2.78 bits per heavy atom. The molecule has 1 fully saturated rings. The summed E-state index contributed by atoms with van der Waals surface area (Å²) in [5, 5.41) is 14.8. The Hall–Kier alpha value is -0.850. The van der Waals surface area contributed by atoms with Crippen molar-refractivity contribution in [2.45, 2.75) is 45.4 Å². The normalized spacial score (nSPS) is 28.8. The standard InChI is InChI=1S/C12H25N3O3/c1-8(11(13)15-16)18-6-5-14-9-7-10(17-4)12(9,2)3/h8-10,14,16H,5-7H2,1-4H3,(H2,13,15). The number of oxime groups is 1. The van der Waals surface area contributed by atoms with E-state index in [9.17, 15) is 0 Å². The molecular weight excluding hydrogens is 234 g/mol. The van der Waals surface area contributed by atoms with Crippen molar-refractivity contribution in [3.05, 3.63) is 0 Å². The van der Waals surface area contributed by atoms with Crippen LogP contribution < -0.4 is 11.1 Å². The lowest BCUT2D eigenvalue weighted by Crippen LogP contribution is -2.61. The van der Waals surface area contributed by atoms with Crippen LogP contribution in [-0.4, -0.2) is 49.6 Å². The quantitative estimate of drug-likeness (QED) is 0.204. The van der Waals surface area contributed by atoms with E-state index in [1.54, 1.807) is 14.0 Å². The van der Waals surface area contributed by atoms with E-state index in [0.717, 1.165) is 13.0 Å². The first-order chi connectivity index (χ1) is 8.43. The van der Waals surface area contributed by atoms with E-state index in [1.807, 2.05) is 0 Å². The number of amidine groups is 1. The van der Waals surface area contributed by atoms with Gasteiger partial charge in [0.25, 0.3) is 0 Å². The average molecular weight is 259 g/mol. The Morgan fingerprint density at radius 1 is 1.61 bits per heavy atom. The zero-order valence-electron chi connectivity index (χ0n) is 11.6. The molecule has 0 aromatic carbocycles. The van der Waals surface area contributed by atoms with Crippen molar-refractivity contribution in [3.63, 3.8) is 0 Å². The van der Waals surface area contributed by atoms with Gasteiger partial charge in [-0.05, 0) is 13.3 Å². The van der Waals surface area contributed by atoms with Crippen LogP contribution in [0, 0.1) is 5.41 Å². The van der Waals surface area contributed by atoms with Gasteiger partial charge < -0.3 is 25.7 Å². The molecule has 3 atom stereocenters. The lowest BCUT2D eigenvalue weighted by Gasteiger charge is -2.51. The molecule has 1 aliphatic rings. The predicted molar refractivity (Wildman–Crippen MR) is 69.8 cm³/mol. The molecule has 1 aliphatic carbocycles. The fraction of sp³-hybridized carbons (Fsp3) is 0.917. The van der Waals surface area contributed by atoms with Crippen LogP contribution in [0.2, 0.25) is 0 Å². The van der Waals surface area contributed by atoms with Crippen molar-refractivity contribution in [3.8, 4) is 0 Å². The van der Waals surface area contributed by atoms with Crippen LogP contribution in [-0.2, 0) is 9.47 Å². The summed E-state index contributed by atoms with van der Waals surface area (Å²) in [7, 11) is 1.75. The second kappa shape index (κ2) is 6.36. The Morgan fingerprint density at radius 2 is 2.28 bits per heavy atom. The Kier molecular flexibility index (Phi) is 5.37. The van der Waals surface area contributed by atoms with E-state index in [2.05, 4.69) is 24.3 Å². The first kappa shape index (κ1) is 15.2. The summed E-state index contributed by atoms with van der Waals surface area (Å²) < 4.78 is 10.8. The van der Waals surface area contributed by atoms with Crippen LogP contribution in [0.15, 0.2) is 5.16 Å². The Balaban J connectivity index is 2.17. The molecule has 0 amide bonds. The summed E-state index contributed by atoms with van der Waals surface area (Å²) in [5.74, 6) is 0.0958. The van der Waals surface area contributed by atoms with Gasteiger partial charge in [-0.3, -0.25) is 0 Å². The van der Waals surface area contributed by atoms with Crippen molar-refractivity contribution >= 4 is 5.84 Å². The number of hydrogen-bond acceptors (Lipinski definition) is 5. The summed E-state index contributed by atoms with van der Waals surface area (Å²) >= 11 is 0. The molecule has 0 aromatic rings. The molecule has 6 nitrogen and oxygen atoms in total. The SMILES string of the molecule is COC1CC(NCCOC(C)C(N)=NO)C1(C)C. The number of nitrogens with one attached hydrogen (secondary N) is 1. The molecule has 0 saturated heterocycles. The monoisotopic (exact) mass is 259 g/mol. The second-order valence-corrected chi connectivity index (χ2v) is 5.33. The molecular formula is C12H25N3O3. The van der Waals surface area contributed by atoms with E-state index in [0.29, 0.717) is 18.8 Å². The number of nitrogens with two attached hydrogens (primary N) is 1. The zero-order valence-corrected chi connectivity index (χ0v) is 11.6. The van der Waals surface area contributed by atoms with E-state index in [-0.39, 0.29) is 17.4 Å². The van der Waals surface area contributed by atoms with Gasteiger partial charge in [0.15, 0.2) is 5.84 Å². The van der Waals surface area contributed by atoms with Gasteiger partial charge in [-0.2, -0.15) is 0 Å². The molecule has 106 valence electrons. The van der Waals surface area contributed by atoms with E-state index in [1.165, 1.54) is 0 Å². The van der Waals surface area contributed by atoms with Gasteiger partial charge in [-0.15, -0.1) is 0 Å². The Labute approximate surface area is 109 Å². The van der Waals surface area contributed by atoms with Gasteiger partial charge in [0.05, 0.1) is 12.7 Å². The van der Waals surface area contributed by atoms with Crippen molar-refractivity contribution < 1.29 is 14.7 Å². The van der Waals surface area contributed by atoms with Gasteiger partial charge in [0, 0.05) is 25.1 Å². The topological polar surface area (TPSA) is 89.1 Å². The molecule has 6 heteroatoms. The molecule has 1 rings (SSSR count). The molecule has 0 spiro atoms. The number of rotatable bonds is 7. The van der Waals surface area contributed by atoms with Gasteiger partial charge in [0.2, 0.25) is 0 Å². The second-order valence-electron chi connectivity index (χ2n) is 5.33. The Bertz CT molecular complexity index is 294. The molecule has 0 bridgehead atoms. The molecule has 0 heterocycles. The van der Waals surface area contributed by atoms with E-state index in [4.69, 9.17) is 20.4 Å². The highest BCUT2D eigenvalue weighted by molar-refractivity contribution is 5.83.